The van der Waals surface area contributed by atoms with Crippen molar-refractivity contribution in [2.24, 2.45) is 5.92 Å². The predicted octanol–water partition coefficient (Wildman–Crippen LogP) is 3.24. The van der Waals surface area contributed by atoms with Gasteiger partial charge in [-0.25, -0.2) is 14.4 Å². The van der Waals surface area contributed by atoms with Crippen LogP contribution in [0.1, 0.15) is 54.9 Å². The number of hydrogen-bond acceptors (Lipinski definition) is 8. The van der Waals surface area contributed by atoms with Gasteiger partial charge in [-0.3, -0.25) is 4.79 Å². The number of hydrogen-bond donors (Lipinski definition) is 1. The number of thiophene rings is 1. The zero-order valence-corrected chi connectivity index (χ0v) is 18.3. The lowest BCUT2D eigenvalue weighted by atomic mass is 9.88. The van der Waals surface area contributed by atoms with Gasteiger partial charge in [-0.1, -0.05) is 6.92 Å². The van der Waals surface area contributed by atoms with Crippen LogP contribution in [-0.2, 0) is 31.8 Å². The van der Waals surface area contributed by atoms with Gasteiger partial charge in [0, 0.05) is 4.88 Å². The molecule has 1 aromatic carbocycles. The Hall–Kier alpha value is -3.20. The molecule has 0 spiro atoms. The third kappa shape index (κ3) is 5.11. The normalized spacial score (nSPS) is 14.9. The highest BCUT2D eigenvalue weighted by atomic mass is 32.1. The standard InChI is InChI=1S/C22H23NO7S/c1-12-4-9-15-16(10-12)31-19(18(15)22(27)29-3)23-17(24)11-30-21(26)14-7-5-13(6-8-14)20(25)28-2/h5-8,12H,4,9-11H2,1-3H3,(H,23,24). The Morgan fingerprint density at radius 2 is 1.61 bits per heavy atom. The molecule has 0 fully saturated rings. The van der Waals surface area contributed by atoms with Crippen LogP contribution < -0.4 is 5.32 Å². The van der Waals surface area contributed by atoms with Crippen molar-refractivity contribution in [2.45, 2.75) is 26.2 Å². The molecule has 0 saturated carbocycles. The van der Waals surface area contributed by atoms with Gasteiger partial charge in [-0.15, -0.1) is 11.3 Å². The van der Waals surface area contributed by atoms with Gasteiger partial charge in [0.15, 0.2) is 6.61 Å². The number of carbonyl (C=O) groups excluding carboxylic acids is 4. The van der Waals surface area contributed by atoms with Crippen LogP contribution >= 0.6 is 11.3 Å². The van der Waals surface area contributed by atoms with Crippen molar-refractivity contribution in [3.05, 3.63) is 51.4 Å². The van der Waals surface area contributed by atoms with E-state index in [1.165, 1.54) is 49.8 Å². The molecule has 1 atom stereocenters. The van der Waals surface area contributed by atoms with Crippen LogP contribution in [0.5, 0.6) is 0 Å². The first-order valence-electron chi connectivity index (χ1n) is 9.72. The van der Waals surface area contributed by atoms with Crippen molar-refractivity contribution in [2.75, 3.05) is 26.1 Å². The number of benzene rings is 1. The Kier molecular flexibility index (Phi) is 7.06. The molecule has 2 aromatic rings. The first-order valence-corrected chi connectivity index (χ1v) is 10.5. The molecule has 1 aromatic heterocycles. The highest BCUT2D eigenvalue weighted by Gasteiger charge is 2.29. The molecule has 8 nitrogen and oxygen atoms in total. The SMILES string of the molecule is COC(=O)c1ccc(C(=O)OCC(=O)Nc2sc3c(c2C(=O)OC)CCC(C)C3)cc1. The summed E-state index contributed by atoms with van der Waals surface area (Å²) < 4.78 is 14.6. The summed E-state index contributed by atoms with van der Waals surface area (Å²) in [5.41, 5.74) is 1.79. The molecule has 1 amide bonds. The maximum atomic E-state index is 12.4. The zero-order chi connectivity index (χ0) is 22.5. The topological polar surface area (TPSA) is 108 Å². The molecule has 1 unspecified atom stereocenters. The van der Waals surface area contributed by atoms with E-state index in [0.717, 1.165) is 29.7 Å². The lowest BCUT2D eigenvalue weighted by Crippen LogP contribution is -2.22. The molecular weight excluding hydrogens is 422 g/mol. The van der Waals surface area contributed by atoms with E-state index < -0.39 is 30.4 Å². The van der Waals surface area contributed by atoms with Gasteiger partial charge >= 0.3 is 17.9 Å². The molecule has 0 saturated heterocycles. The first-order chi connectivity index (χ1) is 14.8. The van der Waals surface area contributed by atoms with E-state index in [2.05, 4.69) is 17.0 Å². The number of anilines is 1. The Morgan fingerprint density at radius 3 is 2.23 bits per heavy atom. The number of nitrogens with one attached hydrogen (secondary N) is 1. The van der Waals surface area contributed by atoms with Crippen LogP contribution in [0.2, 0.25) is 0 Å². The van der Waals surface area contributed by atoms with Crippen LogP contribution in [-0.4, -0.2) is 44.6 Å². The smallest absolute Gasteiger partial charge is 0.341 e. The van der Waals surface area contributed by atoms with Crippen LogP contribution in [0.15, 0.2) is 24.3 Å². The van der Waals surface area contributed by atoms with E-state index in [0.29, 0.717) is 22.0 Å². The second-order valence-electron chi connectivity index (χ2n) is 7.24. The third-order valence-electron chi connectivity index (χ3n) is 5.03. The number of carbonyl (C=O) groups is 4. The van der Waals surface area contributed by atoms with Gasteiger partial charge in [0.2, 0.25) is 0 Å². The fourth-order valence-corrected chi connectivity index (χ4v) is 4.81. The van der Waals surface area contributed by atoms with E-state index in [1.54, 1.807) is 0 Å². The maximum Gasteiger partial charge on any atom is 0.341 e. The fourth-order valence-electron chi connectivity index (χ4n) is 3.39. The average molecular weight is 445 g/mol. The minimum atomic E-state index is -0.709. The molecule has 164 valence electrons. The van der Waals surface area contributed by atoms with Gasteiger partial charge < -0.3 is 19.5 Å². The molecular formula is C22H23NO7S. The minimum Gasteiger partial charge on any atom is -0.465 e. The van der Waals surface area contributed by atoms with E-state index in [4.69, 9.17) is 9.47 Å². The summed E-state index contributed by atoms with van der Waals surface area (Å²) in [5.74, 6) is -1.78. The van der Waals surface area contributed by atoms with Gasteiger partial charge in [0.05, 0.1) is 30.9 Å². The Balaban J connectivity index is 1.65. The van der Waals surface area contributed by atoms with Crippen molar-refractivity contribution in [3.8, 4) is 0 Å². The lowest BCUT2D eigenvalue weighted by Gasteiger charge is -2.18. The lowest BCUT2D eigenvalue weighted by molar-refractivity contribution is -0.119. The van der Waals surface area contributed by atoms with Gasteiger partial charge in [0.25, 0.3) is 5.91 Å². The highest BCUT2D eigenvalue weighted by molar-refractivity contribution is 7.17. The average Bonchev–Trinajstić information content (AvgIpc) is 3.13. The van der Waals surface area contributed by atoms with Crippen molar-refractivity contribution in [1.29, 1.82) is 0 Å². The van der Waals surface area contributed by atoms with Crippen LogP contribution in [0.4, 0.5) is 5.00 Å². The molecule has 0 bridgehead atoms. The van der Waals surface area contributed by atoms with Crippen LogP contribution in [0.3, 0.4) is 0 Å². The zero-order valence-electron chi connectivity index (χ0n) is 17.5. The molecule has 9 heteroatoms. The maximum absolute atomic E-state index is 12.4. The number of methoxy groups -OCH3 is 2. The summed E-state index contributed by atoms with van der Waals surface area (Å²) >= 11 is 1.36. The van der Waals surface area contributed by atoms with Gasteiger partial charge in [-0.2, -0.15) is 0 Å². The number of ether oxygens (including phenoxy) is 3. The predicted molar refractivity (Wildman–Crippen MR) is 114 cm³/mol. The summed E-state index contributed by atoms with van der Waals surface area (Å²) in [7, 11) is 2.57. The Morgan fingerprint density at radius 1 is 1.00 bits per heavy atom. The molecule has 1 heterocycles. The molecule has 31 heavy (non-hydrogen) atoms. The van der Waals surface area contributed by atoms with Crippen molar-refractivity contribution >= 4 is 40.2 Å². The summed E-state index contributed by atoms with van der Waals surface area (Å²) in [4.78, 5) is 49.4. The molecule has 0 aliphatic heterocycles. The summed E-state index contributed by atoms with van der Waals surface area (Å²) in [6, 6.07) is 5.69. The third-order valence-corrected chi connectivity index (χ3v) is 6.20. The monoisotopic (exact) mass is 445 g/mol. The Labute approximate surface area is 183 Å². The molecule has 1 aliphatic rings. The number of fused-ring (bicyclic) bond motifs is 1. The minimum absolute atomic E-state index is 0.191. The second-order valence-corrected chi connectivity index (χ2v) is 8.35. The molecule has 1 aliphatic carbocycles. The van der Waals surface area contributed by atoms with E-state index in [1.807, 2.05) is 0 Å². The second kappa shape index (κ2) is 9.74. The molecule has 1 N–H and O–H groups in total. The Bertz CT molecular complexity index is 1010. The summed E-state index contributed by atoms with van der Waals surface area (Å²) in [5, 5.41) is 3.09. The van der Waals surface area contributed by atoms with E-state index in [9.17, 15) is 19.2 Å². The van der Waals surface area contributed by atoms with Gasteiger partial charge in [-0.05, 0) is 55.0 Å². The van der Waals surface area contributed by atoms with Crippen molar-refractivity contribution in [3.63, 3.8) is 0 Å². The van der Waals surface area contributed by atoms with Crippen LogP contribution in [0, 0.1) is 5.92 Å². The van der Waals surface area contributed by atoms with Crippen molar-refractivity contribution in [1.82, 2.24) is 0 Å². The number of rotatable bonds is 6. The summed E-state index contributed by atoms with van der Waals surface area (Å²) in [6.07, 6.45) is 2.56. The van der Waals surface area contributed by atoms with E-state index >= 15 is 0 Å². The first kappa shape index (κ1) is 22.5. The number of esters is 3. The summed E-state index contributed by atoms with van der Waals surface area (Å²) in [6.45, 7) is 1.63. The quantitative estimate of drug-likeness (QED) is 0.537. The number of amides is 1. The van der Waals surface area contributed by atoms with Crippen LogP contribution in [0.25, 0.3) is 0 Å². The van der Waals surface area contributed by atoms with Gasteiger partial charge in [0.1, 0.15) is 5.00 Å². The molecule has 3 rings (SSSR count). The molecule has 0 radical (unpaired) electrons. The fraction of sp³-hybridized carbons (Fsp3) is 0.364. The van der Waals surface area contributed by atoms with Crippen molar-refractivity contribution < 1.29 is 33.4 Å². The van der Waals surface area contributed by atoms with E-state index in [-0.39, 0.29) is 5.56 Å². The highest BCUT2D eigenvalue weighted by Crippen LogP contribution is 2.40. The largest absolute Gasteiger partial charge is 0.465 e.